The van der Waals surface area contributed by atoms with Gasteiger partial charge in [-0.15, -0.1) is 0 Å². The Morgan fingerprint density at radius 2 is 0.559 bits per heavy atom. The first kappa shape index (κ1) is 94.9. The lowest BCUT2D eigenvalue weighted by atomic mass is 9.83. The van der Waals surface area contributed by atoms with E-state index in [9.17, 15) is 35.9 Å². The first-order chi connectivity index (χ1) is 65.2. The summed E-state index contributed by atoms with van der Waals surface area (Å²) in [5.74, 6) is -0.775. The van der Waals surface area contributed by atoms with Gasteiger partial charge in [0.05, 0.1) is 40.8 Å². The van der Waals surface area contributed by atoms with Crippen molar-refractivity contribution in [2.24, 2.45) is 11.5 Å². The van der Waals surface area contributed by atoms with Gasteiger partial charge in [-0.1, -0.05) is 148 Å². The van der Waals surface area contributed by atoms with Crippen molar-refractivity contribution in [3.63, 3.8) is 0 Å². The smallest absolute Gasteiger partial charge is 0.367 e. The van der Waals surface area contributed by atoms with Gasteiger partial charge in [-0.05, 0) is 297 Å². The van der Waals surface area contributed by atoms with Crippen molar-refractivity contribution in [3.05, 3.63) is 356 Å². The molecule has 19 nitrogen and oxygen atoms in total. The molecule has 0 aliphatic carbocycles. The van der Waals surface area contributed by atoms with E-state index in [2.05, 4.69) is 218 Å². The molecule has 136 heavy (non-hydrogen) atoms. The van der Waals surface area contributed by atoms with Crippen LogP contribution in [0.2, 0.25) is 0 Å². The van der Waals surface area contributed by atoms with Crippen molar-refractivity contribution >= 4 is 40.3 Å². The standard InChI is InChI=1S/C24H26F3N3.C23H24F3N3.C23H27N3.C21H22N4O.C20H20N4O/c1-16-13-21(29-28-16)18-8-11-22-19(14-18)5-4-12-30(22)15-17-6-9-20(10-7-17)23(2,3)24(25,26)27;1-22(2,23(24,25)26)20-8-5-16(6-9-20)15-29-11-3-4-18-12-17(7-10-21(18)29)19-13-27-28-14-19;1-23(2,3)21-9-6-17(7-10-21)16-26-12-4-5-19-13-18(8-11-22(19)26)20-14-24-25-15-20;1-14-11-19(24-23-14)17-8-9-20-18(12-17)3-2-10-25(20)13-15-4-6-16(7-5-15)21(22)26;21-20(25)15-5-3-14(4-6-15)13-24-9-1-2-17-10-16(7-8-19(17)24)18-11-22-23-12-18/h6-11,13-14H,4-5,12,15H2,1-3H3,(H,28,29);5-10,12-14H,3-4,11,15H2,1-2H3,(H,27,28);6-11,13-15H,4-5,12,16H2,1-3H3,(H,24,25);4-9,11-12H,2-3,10,13H2,1H3,(H2,22,26)(H,23,24);3-8,10-12H,1-2,9,13H2,(H2,21,25)(H,22,23). The van der Waals surface area contributed by atoms with Crippen molar-refractivity contribution in [1.82, 2.24) is 51.0 Å². The lowest BCUT2D eigenvalue weighted by Crippen LogP contribution is -2.36. The molecule has 5 aromatic heterocycles. The minimum atomic E-state index is -4.27. The second-order valence-corrected chi connectivity index (χ2v) is 38.4. The Kier molecular flexibility index (Phi) is 28.6. The number of nitrogens with two attached hydrogens (primary N) is 2. The number of nitrogens with one attached hydrogen (secondary N) is 5. The molecule has 5 aliphatic rings. The predicted molar refractivity (Wildman–Crippen MR) is 533 cm³/mol. The highest BCUT2D eigenvalue weighted by molar-refractivity contribution is 5.93. The van der Waals surface area contributed by atoms with Gasteiger partial charge in [-0.3, -0.25) is 35.1 Å². The molecule has 0 atom stereocenters. The summed E-state index contributed by atoms with van der Waals surface area (Å²) in [5, 5.41) is 35.4. The number of hydrogen-bond acceptors (Lipinski definition) is 12. The fourth-order valence-corrected chi connectivity index (χ4v) is 18.6. The monoisotopic (exact) mass is 1840 g/mol. The van der Waals surface area contributed by atoms with Crippen LogP contribution < -0.4 is 36.0 Å². The lowest BCUT2D eigenvalue weighted by molar-refractivity contribution is -0.180. The van der Waals surface area contributed by atoms with Gasteiger partial charge in [-0.2, -0.15) is 51.8 Å². The highest BCUT2D eigenvalue weighted by Crippen LogP contribution is 2.45. The van der Waals surface area contributed by atoms with E-state index in [1.807, 2.05) is 106 Å². The summed E-state index contributed by atoms with van der Waals surface area (Å²) >= 11 is 0. The van der Waals surface area contributed by atoms with Crippen LogP contribution in [0.25, 0.3) is 55.9 Å². The quantitative estimate of drug-likeness (QED) is 0.0374. The van der Waals surface area contributed by atoms with Crippen molar-refractivity contribution < 1.29 is 35.9 Å². The summed E-state index contributed by atoms with van der Waals surface area (Å²) in [6.45, 7) is 24.7. The molecule has 702 valence electrons. The van der Waals surface area contributed by atoms with Crippen LogP contribution in [0.1, 0.15) is 185 Å². The molecule has 0 spiro atoms. The molecular weight excluding hydrogens is 1720 g/mol. The van der Waals surface area contributed by atoms with E-state index < -0.39 is 23.2 Å². The van der Waals surface area contributed by atoms with E-state index in [1.54, 1.807) is 48.5 Å². The number of rotatable bonds is 19. The Morgan fingerprint density at radius 3 is 0.779 bits per heavy atom. The number of aromatic amines is 5. The van der Waals surface area contributed by atoms with Crippen LogP contribution in [0.4, 0.5) is 54.8 Å². The molecule has 10 aromatic carbocycles. The molecule has 0 unspecified atom stereocenters. The fraction of sp³-hybridized carbons (Fsp3) is 0.306. The first-order valence-corrected chi connectivity index (χ1v) is 46.8. The second-order valence-electron chi connectivity index (χ2n) is 38.4. The number of carbonyl (C=O) groups is 2. The Bertz CT molecular complexity index is 6550. The van der Waals surface area contributed by atoms with Crippen LogP contribution in [0, 0.1) is 13.8 Å². The predicted octanol–water partition coefficient (Wildman–Crippen LogP) is 23.9. The zero-order valence-electron chi connectivity index (χ0n) is 78.7. The number of carbonyl (C=O) groups excluding carboxylic acids is 2. The molecule has 0 saturated heterocycles. The van der Waals surface area contributed by atoms with Gasteiger partial charge >= 0.3 is 12.4 Å². The largest absolute Gasteiger partial charge is 0.397 e. The minimum Gasteiger partial charge on any atom is -0.367 e. The zero-order chi connectivity index (χ0) is 95.6. The molecule has 9 N–H and O–H groups in total. The van der Waals surface area contributed by atoms with Gasteiger partial charge in [0.15, 0.2) is 0 Å². The molecule has 0 bridgehead atoms. The number of primary amides is 2. The average molecular weight is 1840 g/mol. The van der Waals surface area contributed by atoms with Crippen molar-refractivity contribution in [2.75, 3.05) is 57.2 Å². The summed E-state index contributed by atoms with van der Waals surface area (Å²) in [5.41, 5.74) is 42.2. The second kappa shape index (κ2) is 40.9. The Morgan fingerprint density at radius 1 is 0.316 bits per heavy atom. The number of hydrogen-bond donors (Lipinski definition) is 7. The maximum Gasteiger partial charge on any atom is 0.397 e. The molecule has 0 radical (unpaired) electrons. The van der Waals surface area contributed by atoms with Crippen molar-refractivity contribution in [3.8, 4) is 55.9 Å². The SMILES string of the molecule is CC(C)(C)c1ccc(CN2CCCc3cc(-c4cn[nH]c4)ccc32)cc1.CC(C)(c1ccc(CN2CCCc3cc(-c4cn[nH]c4)ccc32)cc1)C(F)(F)F.Cc1cc(-c2ccc3c(c2)CCCN3Cc2ccc(C(C)(C)C(F)(F)F)cc2)n[nH]1.Cc1cc(-c2ccc3c(c2)CCCN3Cc2ccc(C(N)=O)cc2)n[nH]1.NC(=O)c1ccc(CN2CCCc3cc(-c4cn[nH]c4)ccc32)cc1. The molecule has 0 saturated carbocycles. The summed E-state index contributed by atoms with van der Waals surface area (Å²) in [4.78, 5) is 34.4. The van der Waals surface area contributed by atoms with Crippen LogP contribution in [0.3, 0.4) is 0 Å². The van der Waals surface area contributed by atoms with Crippen LogP contribution in [0.5, 0.6) is 0 Å². The maximum absolute atomic E-state index is 13.3. The number of benzene rings is 10. The Labute approximate surface area is 791 Å². The summed E-state index contributed by atoms with van der Waals surface area (Å²) in [7, 11) is 0. The average Bonchev–Trinajstić information content (AvgIpc) is 1.61. The minimum absolute atomic E-state index is 0.208. The van der Waals surface area contributed by atoms with Crippen molar-refractivity contribution in [2.45, 2.75) is 188 Å². The van der Waals surface area contributed by atoms with Gasteiger partial charge in [0, 0.05) is 163 Å². The highest BCUT2D eigenvalue weighted by Gasteiger charge is 2.49. The fourth-order valence-electron chi connectivity index (χ4n) is 18.6. The summed E-state index contributed by atoms with van der Waals surface area (Å²) in [6, 6.07) is 74.9. The number of fused-ring (bicyclic) bond motifs is 5. The van der Waals surface area contributed by atoms with Crippen LogP contribution in [-0.2, 0) is 81.1 Å². The molecule has 0 fully saturated rings. The van der Waals surface area contributed by atoms with E-state index >= 15 is 0 Å². The lowest BCUT2D eigenvalue weighted by Gasteiger charge is -2.32. The normalized spacial score (nSPS) is 14.2. The number of aromatic nitrogens is 10. The van der Waals surface area contributed by atoms with E-state index in [0.29, 0.717) is 24.2 Å². The Balaban J connectivity index is 0.000000123. The molecule has 20 rings (SSSR count). The number of amides is 2. The third kappa shape index (κ3) is 22.5. The number of anilines is 5. The Hall–Kier alpha value is -14.2. The first-order valence-electron chi connectivity index (χ1n) is 46.8. The third-order valence-electron chi connectivity index (χ3n) is 26.9. The molecule has 25 heteroatoms. The topological polar surface area (TPSA) is 246 Å². The summed E-state index contributed by atoms with van der Waals surface area (Å²) in [6.07, 6.45) is 13.7. The van der Waals surface area contributed by atoms with Crippen molar-refractivity contribution in [1.29, 1.82) is 0 Å². The van der Waals surface area contributed by atoms with Gasteiger partial charge in [0.25, 0.3) is 0 Å². The van der Waals surface area contributed by atoms with E-state index in [1.165, 1.54) is 124 Å². The van der Waals surface area contributed by atoms with E-state index in [0.717, 1.165) is 177 Å². The number of nitrogens with zero attached hydrogens (tertiary/aromatic N) is 10. The van der Waals surface area contributed by atoms with Gasteiger partial charge in [-0.25, -0.2) is 0 Å². The van der Waals surface area contributed by atoms with Gasteiger partial charge < -0.3 is 36.0 Å². The molecule has 2 amide bonds. The number of aryl methyl sites for hydroxylation is 7. The number of halogens is 6. The summed E-state index contributed by atoms with van der Waals surface area (Å²) < 4.78 is 79.7. The number of alkyl halides is 6. The van der Waals surface area contributed by atoms with Crippen LogP contribution in [0.15, 0.2) is 262 Å². The number of H-pyrrole nitrogens is 5. The molecule has 5 aliphatic heterocycles. The van der Waals surface area contributed by atoms with E-state index in [-0.39, 0.29) is 28.4 Å². The zero-order valence-corrected chi connectivity index (χ0v) is 78.7. The third-order valence-corrected chi connectivity index (χ3v) is 26.9. The van der Waals surface area contributed by atoms with Crippen LogP contribution >= 0.6 is 0 Å². The molecule has 15 aromatic rings. The van der Waals surface area contributed by atoms with Gasteiger partial charge in [0.1, 0.15) is 0 Å². The molecule has 10 heterocycles. The van der Waals surface area contributed by atoms with Gasteiger partial charge in [0.2, 0.25) is 11.8 Å². The molecular formula is C111H119F6N17O2. The highest BCUT2D eigenvalue weighted by atomic mass is 19.4. The van der Waals surface area contributed by atoms with Crippen LogP contribution in [-0.4, -0.2) is 108 Å². The van der Waals surface area contributed by atoms with E-state index in [4.69, 9.17) is 11.5 Å². The maximum atomic E-state index is 13.3.